The van der Waals surface area contributed by atoms with Crippen molar-refractivity contribution in [1.29, 1.82) is 0 Å². The van der Waals surface area contributed by atoms with E-state index in [-0.39, 0.29) is 18.0 Å². The van der Waals surface area contributed by atoms with Gasteiger partial charge in [-0.25, -0.2) is 4.90 Å². The van der Waals surface area contributed by atoms with Gasteiger partial charge < -0.3 is 24.6 Å². The number of unbranched alkanes of at least 4 members (excludes halogenated alkanes) is 1. The maximum atomic E-state index is 12.5. The molecule has 0 aromatic carbocycles. The van der Waals surface area contributed by atoms with Crippen LogP contribution in [0.3, 0.4) is 0 Å². The van der Waals surface area contributed by atoms with Gasteiger partial charge in [-0.15, -0.1) is 0 Å². The Hall–Kier alpha value is -2.39. The smallest absolute Gasteiger partial charge is 0.251 e. The van der Waals surface area contributed by atoms with Gasteiger partial charge in [-0.05, 0) is 32.0 Å². The number of nitrogens with zero attached hydrogens (tertiary/aromatic N) is 4. The number of hydrogen-bond donors (Lipinski definition) is 2. The van der Waals surface area contributed by atoms with Crippen molar-refractivity contribution in [2.45, 2.75) is 44.2 Å². The van der Waals surface area contributed by atoms with Crippen molar-refractivity contribution in [3.05, 3.63) is 24.2 Å². The molecule has 3 rings (SSSR count). The average molecular weight is 377 g/mol. The molecule has 3 unspecified atom stereocenters. The standard InChI is InChI=1S/C18H27N5O4/c1-21-16-15(17(25)22(2)18(21)26)23(12-20-16)10-4-3-7-14(24)19-9-8-13-6-5-11-27-13/h5-6,11-12,15-16,18,26H,3-4,7-10H2,1-2H3,(H,19,24). The molecule has 27 heavy (non-hydrogen) atoms. The quantitative estimate of drug-likeness (QED) is 0.610. The molecular weight excluding hydrogens is 350 g/mol. The summed E-state index contributed by atoms with van der Waals surface area (Å²) in [6.45, 7) is 1.21. The molecule has 3 heterocycles. The van der Waals surface area contributed by atoms with Gasteiger partial charge in [0.15, 0.2) is 6.35 Å². The van der Waals surface area contributed by atoms with Crippen molar-refractivity contribution in [1.82, 2.24) is 20.0 Å². The minimum absolute atomic E-state index is 0.0193. The van der Waals surface area contributed by atoms with Crippen LogP contribution in [0.5, 0.6) is 0 Å². The summed E-state index contributed by atoms with van der Waals surface area (Å²) in [4.78, 5) is 33.6. The van der Waals surface area contributed by atoms with Crippen LogP contribution in [0.15, 0.2) is 27.8 Å². The van der Waals surface area contributed by atoms with Crippen LogP contribution >= 0.6 is 0 Å². The largest absolute Gasteiger partial charge is 0.469 e. The number of aliphatic hydroxyl groups excluding tert-OH is 1. The van der Waals surface area contributed by atoms with Crippen LogP contribution in [0.4, 0.5) is 0 Å². The van der Waals surface area contributed by atoms with E-state index in [1.807, 2.05) is 17.0 Å². The number of fused-ring (bicyclic) bond motifs is 1. The third-order valence-corrected chi connectivity index (χ3v) is 5.08. The van der Waals surface area contributed by atoms with Crippen molar-refractivity contribution in [2.24, 2.45) is 4.99 Å². The Morgan fingerprint density at radius 1 is 1.37 bits per heavy atom. The second kappa shape index (κ2) is 8.53. The molecule has 2 N–H and O–H groups in total. The van der Waals surface area contributed by atoms with E-state index >= 15 is 0 Å². The molecule has 0 radical (unpaired) electrons. The number of carbonyl (C=O) groups is 2. The van der Waals surface area contributed by atoms with Crippen LogP contribution in [-0.4, -0.2) is 83.7 Å². The van der Waals surface area contributed by atoms with E-state index < -0.39 is 12.4 Å². The third kappa shape index (κ3) is 4.30. The number of amides is 2. The van der Waals surface area contributed by atoms with Gasteiger partial charge in [-0.3, -0.25) is 14.6 Å². The summed E-state index contributed by atoms with van der Waals surface area (Å²) in [5, 5.41) is 12.9. The zero-order valence-corrected chi connectivity index (χ0v) is 15.7. The Morgan fingerprint density at radius 2 is 2.19 bits per heavy atom. The van der Waals surface area contributed by atoms with Gasteiger partial charge in [-0.1, -0.05) is 0 Å². The predicted octanol–water partition coefficient (Wildman–Crippen LogP) is -0.173. The highest BCUT2D eigenvalue weighted by molar-refractivity contribution is 5.87. The molecule has 1 saturated heterocycles. The topological polar surface area (TPSA) is 102 Å². The highest BCUT2D eigenvalue weighted by atomic mass is 16.3. The Labute approximate surface area is 158 Å². The lowest BCUT2D eigenvalue weighted by atomic mass is 10.1. The first-order chi connectivity index (χ1) is 13.0. The van der Waals surface area contributed by atoms with E-state index in [1.54, 1.807) is 31.6 Å². The number of aliphatic hydroxyl groups is 1. The molecule has 9 nitrogen and oxygen atoms in total. The molecule has 2 amide bonds. The fourth-order valence-corrected chi connectivity index (χ4v) is 3.45. The number of carbonyl (C=O) groups excluding carboxylic acids is 2. The number of rotatable bonds is 8. The Balaban J connectivity index is 1.36. The number of hydrogen-bond acceptors (Lipinski definition) is 7. The Bertz CT molecular complexity index is 677. The molecular formula is C18H27N5O4. The van der Waals surface area contributed by atoms with Gasteiger partial charge >= 0.3 is 0 Å². The molecule has 1 aromatic heterocycles. The zero-order chi connectivity index (χ0) is 19.4. The molecule has 1 aromatic rings. The van der Waals surface area contributed by atoms with Gasteiger partial charge in [-0.2, -0.15) is 0 Å². The fourth-order valence-electron chi connectivity index (χ4n) is 3.45. The summed E-state index contributed by atoms with van der Waals surface area (Å²) in [6, 6.07) is 3.30. The van der Waals surface area contributed by atoms with Crippen molar-refractivity contribution in [3.63, 3.8) is 0 Å². The second-order valence-corrected chi connectivity index (χ2v) is 6.96. The molecule has 3 atom stereocenters. The van der Waals surface area contributed by atoms with Crippen LogP contribution in [0, 0.1) is 0 Å². The summed E-state index contributed by atoms with van der Waals surface area (Å²) in [5.41, 5.74) is 0. The average Bonchev–Trinajstić information content (AvgIpc) is 3.31. The first kappa shape index (κ1) is 19.4. The van der Waals surface area contributed by atoms with Gasteiger partial charge in [0.25, 0.3) is 5.91 Å². The normalized spacial score (nSPS) is 25.1. The fraction of sp³-hybridized carbons (Fsp3) is 0.611. The van der Waals surface area contributed by atoms with Crippen LogP contribution < -0.4 is 5.32 Å². The van der Waals surface area contributed by atoms with E-state index in [1.165, 1.54) is 4.90 Å². The predicted molar refractivity (Wildman–Crippen MR) is 98.6 cm³/mol. The van der Waals surface area contributed by atoms with Gasteiger partial charge in [0.2, 0.25) is 5.91 Å². The lowest BCUT2D eigenvalue weighted by Crippen LogP contribution is -2.66. The van der Waals surface area contributed by atoms with E-state index in [0.717, 1.165) is 18.6 Å². The maximum absolute atomic E-state index is 12.5. The molecule has 0 spiro atoms. The third-order valence-electron chi connectivity index (χ3n) is 5.08. The van der Waals surface area contributed by atoms with Crippen LogP contribution in [0.2, 0.25) is 0 Å². The lowest BCUT2D eigenvalue weighted by Gasteiger charge is -2.44. The summed E-state index contributed by atoms with van der Waals surface area (Å²) in [6.07, 6.45) is 4.62. The molecule has 1 fully saturated rings. The highest BCUT2D eigenvalue weighted by Gasteiger charge is 2.48. The van der Waals surface area contributed by atoms with E-state index in [4.69, 9.17) is 4.42 Å². The first-order valence-corrected chi connectivity index (χ1v) is 9.24. The van der Waals surface area contributed by atoms with Crippen molar-refractivity contribution >= 4 is 18.2 Å². The summed E-state index contributed by atoms with van der Waals surface area (Å²) >= 11 is 0. The molecule has 0 bridgehead atoms. The van der Waals surface area contributed by atoms with Gasteiger partial charge in [0.05, 0.1) is 12.6 Å². The SMILES string of the molecule is CN1C(=O)C2C(N=CN2CCCCC(=O)NCCc2ccco2)N(C)C1O. The zero-order valence-electron chi connectivity index (χ0n) is 15.7. The van der Waals surface area contributed by atoms with Crippen molar-refractivity contribution in [2.75, 3.05) is 27.2 Å². The van der Waals surface area contributed by atoms with E-state index in [2.05, 4.69) is 10.3 Å². The van der Waals surface area contributed by atoms with Gasteiger partial charge in [0.1, 0.15) is 18.0 Å². The molecule has 0 aliphatic carbocycles. The first-order valence-electron chi connectivity index (χ1n) is 9.24. The molecule has 2 aliphatic heterocycles. The van der Waals surface area contributed by atoms with Gasteiger partial charge in [0, 0.05) is 33.0 Å². The van der Waals surface area contributed by atoms with E-state index in [9.17, 15) is 14.7 Å². The number of nitrogens with one attached hydrogen (secondary N) is 1. The molecule has 0 saturated carbocycles. The van der Waals surface area contributed by atoms with Crippen molar-refractivity contribution < 1.29 is 19.1 Å². The summed E-state index contributed by atoms with van der Waals surface area (Å²) in [5.74, 6) is 0.736. The van der Waals surface area contributed by atoms with Crippen LogP contribution in [-0.2, 0) is 16.0 Å². The number of aliphatic imine (C=N–C) groups is 1. The minimum atomic E-state index is -0.958. The Kier molecular flexibility index (Phi) is 6.12. The molecule has 2 aliphatic rings. The Morgan fingerprint density at radius 3 is 2.93 bits per heavy atom. The highest BCUT2D eigenvalue weighted by Crippen LogP contribution is 2.26. The lowest BCUT2D eigenvalue weighted by molar-refractivity contribution is -0.179. The second-order valence-electron chi connectivity index (χ2n) is 6.96. The van der Waals surface area contributed by atoms with Crippen LogP contribution in [0.25, 0.3) is 0 Å². The van der Waals surface area contributed by atoms with Crippen LogP contribution in [0.1, 0.15) is 25.0 Å². The summed E-state index contributed by atoms with van der Waals surface area (Å²) < 4.78 is 5.23. The summed E-state index contributed by atoms with van der Waals surface area (Å²) in [7, 11) is 3.34. The number of likely N-dealkylation sites (N-methyl/N-ethyl adjacent to an activating group) is 2. The minimum Gasteiger partial charge on any atom is -0.469 e. The van der Waals surface area contributed by atoms with Crippen molar-refractivity contribution in [3.8, 4) is 0 Å². The monoisotopic (exact) mass is 377 g/mol. The molecule has 148 valence electrons. The molecule has 9 heteroatoms. The van der Waals surface area contributed by atoms with E-state index in [0.29, 0.717) is 25.9 Å². The maximum Gasteiger partial charge on any atom is 0.251 e. The number of furan rings is 1.